The number of nitrogen functional groups attached to an aromatic ring is 1. The van der Waals surface area contributed by atoms with Gasteiger partial charge in [-0.05, 0) is 12.1 Å². The third-order valence-corrected chi connectivity index (χ3v) is 1.86. The fraction of sp³-hybridized carbons (Fsp3) is 0.300. The number of amidine groups is 1. The summed E-state index contributed by atoms with van der Waals surface area (Å²) >= 11 is 0. The van der Waals surface area contributed by atoms with Gasteiger partial charge in [0.25, 0.3) is 0 Å². The molecule has 0 aliphatic carbocycles. The van der Waals surface area contributed by atoms with E-state index in [-0.39, 0.29) is 19.0 Å². The van der Waals surface area contributed by atoms with Gasteiger partial charge < -0.3 is 21.3 Å². The van der Waals surface area contributed by atoms with Crippen LogP contribution in [0.4, 0.5) is 0 Å². The Morgan fingerprint density at radius 3 is 2.87 bits per heavy atom. The van der Waals surface area contributed by atoms with Gasteiger partial charge in [-0.25, -0.2) is 0 Å². The number of benzene rings is 1. The lowest BCUT2D eigenvalue weighted by atomic mass is 10.2. The quantitative estimate of drug-likeness (QED) is 0.393. The second-order valence-corrected chi connectivity index (χ2v) is 3.14. The van der Waals surface area contributed by atoms with Crippen LogP contribution in [0.2, 0.25) is 0 Å². The Morgan fingerprint density at radius 2 is 2.27 bits per heavy atom. The van der Waals surface area contributed by atoms with Crippen molar-refractivity contribution in [2.45, 2.75) is 6.10 Å². The summed E-state index contributed by atoms with van der Waals surface area (Å²) in [5.74, 6) is 0.551. The Morgan fingerprint density at radius 1 is 1.53 bits per heavy atom. The molecule has 0 spiro atoms. The molecule has 0 bridgehead atoms. The van der Waals surface area contributed by atoms with Crippen LogP contribution in [0.1, 0.15) is 5.56 Å². The zero-order valence-electron chi connectivity index (χ0n) is 8.31. The van der Waals surface area contributed by atoms with Crippen LogP contribution >= 0.6 is 0 Å². The molecule has 1 rings (SSSR count). The summed E-state index contributed by atoms with van der Waals surface area (Å²) in [6.07, 6.45) is -0.675. The molecule has 15 heavy (non-hydrogen) atoms. The van der Waals surface area contributed by atoms with Crippen LogP contribution in [0.15, 0.2) is 24.3 Å². The van der Waals surface area contributed by atoms with Crippen molar-refractivity contribution in [1.82, 2.24) is 0 Å². The highest BCUT2D eigenvalue weighted by Gasteiger charge is 2.03. The minimum Gasteiger partial charge on any atom is -0.491 e. The van der Waals surface area contributed by atoms with Crippen LogP contribution in [0, 0.1) is 5.41 Å². The van der Waals surface area contributed by atoms with E-state index in [4.69, 9.17) is 21.6 Å². The van der Waals surface area contributed by atoms with Gasteiger partial charge in [-0.3, -0.25) is 5.41 Å². The lowest BCUT2D eigenvalue weighted by molar-refractivity contribution is 0.114. The van der Waals surface area contributed by atoms with Crippen LogP contribution in [-0.2, 0) is 0 Å². The predicted octanol–water partition coefficient (Wildman–Crippen LogP) is -0.331. The molecule has 0 radical (unpaired) electrons. The summed E-state index contributed by atoms with van der Waals surface area (Å²) in [7, 11) is 0. The molecule has 1 atom stereocenters. The maximum atomic E-state index is 9.18. The summed E-state index contributed by atoms with van der Waals surface area (Å²) in [5.41, 5.74) is 11.1. The fourth-order valence-corrected chi connectivity index (χ4v) is 1.01. The minimum atomic E-state index is -0.675. The summed E-state index contributed by atoms with van der Waals surface area (Å²) in [6.45, 7) is 0.296. The van der Waals surface area contributed by atoms with Gasteiger partial charge in [-0.15, -0.1) is 0 Å². The highest BCUT2D eigenvalue weighted by atomic mass is 16.5. The number of ether oxygens (including phenoxy) is 1. The molecular weight excluding hydrogens is 194 g/mol. The SMILES string of the molecule is N=C(N)c1cccc(OCC(O)CN)c1. The highest BCUT2D eigenvalue weighted by molar-refractivity contribution is 5.95. The number of hydrogen-bond donors (Lipinski definition) is 4. The topological polar surface area (TPSA) is 105 Å². The molecular formula is C10H15N3O2. The normalized spacial score (nSPS) is 12.1. The van der Waals surface area contributed by atoms with E-state index in [1.807, 2.05) is 0 Å². The minimum absolute atomic E-state index is 0.0141. The van der Waals surface area contributed by atoms with Crippen LogP contribution < -0.4 is 16.2 Å². The van der Waals surface area contributed by atoms with E-state index >= 15 is 0 Å². The van der Waals surface area contributed by atoms with Crippen molar-refractivity contribution in [3.8, 4) is 5.75 Å². The first kappa shape index (κ1) is 11.5. The van der Waals surface area contributed by atoms with Crippen LogP contribution in [0.25, 0.3) is 0 Å². The van der Waals surface area contributed by atoms with Gasteiger partial charge in [0, 0.05) is 12.1 Å². The molecule has 0 saturated carbocycles. The molecule has 0 amide bonds. The van der Waals surface area contributed by atoms with E-state index in [9.17, 15) is 5.11 Å². The number of nitrogens with two attached hydrogens (primary N) is 2. The van der Waals surface area contributed by atoms with Crippen molar-refractivity contribution >= 4 is 5.84 Å². The van der Waals surface area contributed by atoms with Crippen molar-refractivity contribution in [3.63, 3.8) is 0 Å². The van der Waals surface area contributed by atoms with Gasteiger partial charge in [0.15, 0.2) is 0 Å². The number of aliphatic hydroxyl groups is 1. The van der Waals surface area contributed by atoms with Gasteiger partial charge in [0.05, 0.1) is 0 Å². The highest BCUT2D eigenvalue weighted by Crippen LogP contribution is 2.12. The molecule has 0 aliphatic rings. The number of aliphatic hydroxyl groups excluding tert-OH is 1. The molecule has 0 fully saturated rings. The average Bonchev–Trinajstić information content (AvgIpc) is 2.26. The first-order valence-electron chi connectivity index (χ1n) is 4.59. The second-order valence-electron chi connectivity index (χ2n) is 3.14. The Labute approximate surface area is 88.2 Å². The summed E-state index contributed by atoms with van der Waals surface area (Å²) in [4.78, 5) is 0. The molecule has 1 aromatic rings. The summed E-state index contributed by atoms with van der Waals surface area (Å²) in [6, 6.07) is 6.83. The third kappa shape index (κ3) is 3.57. The zero-order chi connectivity index (χ0) is 11.3. The van der Waals surface area contributed by atoms with Gasteiger partial charge in [0.2, 0.25) is 0 Å². The van der Waals surface area contributed by atoms with Crippen molar-refractivity contribution in [1.29, 1.82) is 5.41 Å². The van der Waals surface area contributed by atoms with Crippen molar-refractivity contribution in [2.24, 2.45) is 11.5 Å². The zero-order valence-corrected chi connectivity index (χ0v) is 8.31. The lowest BCUT2D eigenvalue weighted by Gasteiger charge is -2.10. The maximum Gasteiger partial charge on any atom is 0.122 e. The van der Waals surface area contributed by atoms with Gasteiger partial charge >= 0.3 is 0 Å². The van der Waals surface area contributed by atoms with Gasteiger partial charge in [-0.2, -0.15) is 0 Å². The Hall–Kier alpha value is -1.59. The van der Waals surface area contributed by atoms with Crippen LogP contribution in [0.5, 0.6) is 5.75 Å². The van der Waals surface area contributed by atoms with E-state index in [0.29, 0.717) is 11.3 Å². The molecule has 1 aromatic carbocycles. The van der Waals surface area contributed by atoms with Gasteiger partial charge in [-0.1, -0.05) is 12.1 Å². The molecule has 82 valence electrons. The Bertz CT molecular complexity index is 341. The predicted molar refractivity (Wildman–Crippen MR) is 58.0 cm³/mol. The molecule has 0 heterocycles. The largest absolute Gasteiger partial charge is 0.491 e. The number of rotatable bonds is 5. The third-order valence-electron chi connectivity index (χ3n) is 1.86. The lowest BCUT2D eigenvalue weighted by Crippen LogP contribution is -2.26. The Balaban J connectivity index is 2.62. The Kier molecular flexibility index (Phi) is 4.08. The number of nitrogens with one attached hydrogen (secondary N) is 1. The van der Waals surface area contributed by atoms with E-state index in [1.165, 1.54) is 0 Å². The van der Waals surface area contributed by atoms with E-state index in [0.717, 1.165) is 0 Å². The van der Waals surface area contributed by atoms with E-state index < -0.39 is 6.10 Å². The molecule has 0 aliphatic heterocycles. The second kappa shape index (κ2) is 5.33. The van der Waals surface area contributed by atoms with Crippen molar-refractivity contribution in [2.75, 3.05) is 13.2 Å². The molecule has 0 saturated heterocycles. The van der Waals surface area contributed by atoms with E-state index in [1.54, 1.807) is 24.3 Å². The maximum absolute atomic E-state index is 9.18. The first-order chi connectivity index (χ1) is 7.13. The number of hydrogen-bond acceptors (Lipinski definition) is 4. The first-order valence-corrected chi connectivity index (χ1v) is 4.59. The monoisotopic (exact) mass is 209 g/mol. The molecule has 5 heteroatoms. The molecule has 6 N–H and O–H groups in total. The van der Waals surface area contributed by atoms with Crippen molar-refractivity contribution < 1.29 is 9.84 Å². The smallest absolute Gasteiger partial charge is 0.122 e. The fourth-order valence-electron chi connectivity index (χ4n) is 1.01. The average molecular weight is 209 g/mol. The van der Waals surface area contributed by atoms with Crippen molar-refractivity contribution in [3.05, 3.63) is 29.8 Å². The standard InChI is InChI=1S/C10H15N3O2/c11-5-8(14)6-15-9-3-1-2-7(4-9)10(12)13/h1-4,8,14H,5-6,11H2,(H3,12,13). The van der Waals surface area contributed by atoms with Crippen LogP contribution in [-0.4, -0.2) is 30.2 Å². The van der Waals surface area contributed by atoms with E-state index in [2.05, 4.69) is 0 Å². The summed E-state index contributed by atoms with van der Waals surface area (Å²) in [5, 5.41) is 16.4. The summed E-state index contributed by atoms with van der Waals surface area (Å²) < 4.78 is 5.27. The van der Waals surface area contributed by atoms with Crippen LogP contribution in [0.3, 0.4) is 0 Å². The molecule has 1 unspecified atom stereocenters. The molecule has 5 nitrogen and oxygen atoms in total. The molecule has 0 aromatic heterocycles. The van der Waals surface area contributed by atoms with Gasteiger partial charge in [0.1, 0.15) is 24.3 Å².